The molecule has 1 aliphatic rings. The van der Waals surface area contributed by atoms with Crippen LogP contribution in [0.2, 0.25) is 5.02 Å². The van der Waals surface area contributed by atoms with Gasteiger partial charge in [0.2, 0.25) is 10.0 Å². The molecule has 0 bridgehead atoms. The lowest BCUT2D eigenvalue weighted by atomic mass is 10.2. The Kier molecular flexibility index (Phi) is 3.85. The molecule has 5 nitrogen and oxygen atoms in total. The predicted molar refractivity (Wildman–Crippen MR) is 70.7 cm³/mol. The average Bonchev–Trinajstić information content (AvgIpc) is 2.82. The first kappa shape index (κ1) is 14.3. The van der Waals surface area contributed by atoms with Crippen molar-refractivity contribution in [2.24, 2.45) is 0 Å². The quantitative estimate of drug-likeness (QED) is 0.925. The first-order valence-corrected chi connectivity index (χ1v) is 7.66. The highest BCUT2D eigenvalue weighted by Crippen LogP contribution is 2.30. The summed E-state index contributed by atoms with van der Waals surface area (Å²) in [6.45, 7) is 1.97. The average molecular weight is 304 g/mol. The van der Waals surface area contributed by atoms with Crippen molar-refractivity contribution in [3.05, 3.63) is 28.8 Å². The Bertz CT molecular complexity index is 614. The van der Waals surface area contributed by atoms with Gasteiger partial charge >= 0.3 is 5.97 Å². The maximum Gasteiger partial charge on any atom is 0.322 e. The van der Waals surface area contributed by atoms with Crippen LogP contribution in [0.5, 0.6) is 0 Å². The smallest absolute Gasteiger partial charge is 0.322 e. The minimum absolute atomic E-state index is 0.0256. The Labute approximate surface area is 116 Å². The highest BCUT2D eigenvalue weighted by Gasteiger charge is 2.40. The number of sulfonamides is 1. The van der Waals surface area contributed by atoms with Crippen molar-refractivity contribution in [1.82, 2.24) is 4.31 Å². The van der Waals surface area contributed by atoms with Crippen LogP contribution in [0.25, 0.3) is 0 Å². The minimum Gasteiger partial charge on any atom is -0.480 e. The SMILES string of the molecule is Cc1ccc(Cl)c(S(=O)(=O)N2CCCC2C(=O)O)c1. The van der Waals surface area contributed by atoms with Gasteiger partial charge in [-0.15, -0.1) is 0 Å². The number of aryl methyl sites for hydroxylation is 1. The van der Waals surface area contributed by atoms with Crippen LogP contribution in [0, 0.1) is 6.92 Å². The maximum absolute atomic E-state index is 12.5. The third-order valence-corrected chi connectivity index (χ3v) is 5.55. The van der Waals surface area contributed by atoms with E-state index in [4.69, 9.17) is 16.7 Å². The lowest BCUT2D eigenvalue weighted by molar-refractivity contribution is -0.140. The number of carboxylic acids is 1. The minimum atomic E-state index is -3.87. The summed E-state index contributed by atoms with van der Waals surface area (Å²) in [5, 5.41) is 9.19. The van der Waals surface area contributed by atoms with Gasteiger partial charge in [-0.2, -0.15) is 4.31 Å². The molecule has 0 aliphatic carbocycles. The molecule has 0 radical (unpaired) electrons. The molecular weight excluding hydrogens is 290 g/mol. The van der Waals surface area contributed by atoms with Crippen LogP contribution in [0.1, 0.15) is 18.4 Å². The number of rotatable bonds is 3. The summed E-state index contributed by atoms with van der Waals surface area (Å²) in [5.74, 6) is -1.12. The molecular formula is C12H14ClNO4S. The summed E-state index contributed by atoms with van der Waals surface area (Å²) < 4.78 is 26.0. The monoisotopic (exact) mass is 303 g/mol. The zero-order valence-electron chi connectivity index (χ0n) is 10.3. The van der Waals surface area contributed by atoms with Gasteiger partial charge in [0.25, 0.3) is 0 Å². The van der Waals surface area contributed by atoms with Gasteiger partial charge < -0.3 is 5.11 Å². The fourth-order valence-electron chi connectivity index (χ4n) is 2.21. The van der Waals surface area contributed by atoms with Crippen LogP contribution in [-0.2, 0) is 14.8 Å². The molecule has 0 aromatic heterocycles. The summed E-state index contributed by atoms with van der Waals surface area (Å²) in [6.07, 6.45) is 0.873. The van der Waals surface area contributed by atoms with Crippen LogP contribution in [0.4, 0.5) is 0 Å². The maximum atomic E-state index is 12.5. The lowest BCUT2D eigenvalue weighted by Gasteiger charge is -2.21. The van der Waals surface area contributed by atoms with E-state index in [1.807, 2.05) is 0 Å². The van der Waals surface area contributed by atoms with E-state index in [0.29, 0.717) is 12.8 Å². The number of carbonyl (C=O) groups is 1. The first-order chi connectivity index (χ1) is 8.84. The summed E-state index contributed by atoms with van der Waals surface area (Å²) in [6, 6.07) is 3.69. The Morgan fingerprint density at radius 1 is 1.47 bits per heavy atom. The molecule has 1 saturated heterocycles. The Morgan fingerprint density at radius 3 is 2.79 bits per heavy atom. The van der Waals surface area contributed by atoms with E-state index in [-0.39, 0.29) is 16.5 Å². The molecule has 19 heavy (non-hydrogen) atoms. The van der Waals surface area contributed by atoms with Crippen LogP contribution in [0.3, 0.4) is 0 Å². The number of hydrogen-bond donors (Lipinski definition) is 1. The number of halogens is 1. The van der Waals surface area contributed by atoms with Gasteiger partial charge in [-0.1, -0.05) is 17.7 Å². The van der Waals surface area contributed by atoms with Gasteiger partial charge in [0.05, 0.1) is 5.02 Å². The van der Waals surface area contributed by atoms with Crippen molar-refractivity contribution in [2.45, 2.75) is 30.7 Å². The molecule has 104 valence electrons. The fraction of sp³-hybridized carbons (Fsp3) is 0.417. The summed E-state index contributed by atoms with van der Waals surface area (Å²) in [7, 11) is -3.87. The molecule has 0 saturated carbocycles. The van der Waals surface area contributed by atoms with E-state index >= 15 is 0 Å². The number of aliphatic carboxylic acids is 1. The molecule has 1 unspecified atom stereocenters. The fourth-order valence-corrected chi connectivity index (χ4v) is 4.42. The van der Waals surface area contributed by atoms with Crippen molar-refractivity contribution < 1.29 is 18.3 Å². The van der Waals surface area contributed by atoms with Gasteiger partial charge in [0.15, 0.2) is 0 Å². The van der Waals surface area contributed by atoms with Crippen LogP contribution >= 0.6 is 11.6 Å². The van der Waals surface area contributed by atoms with E-state index < -0.39 is 22.0 Å². The second-order valence-electron chi connectivity index (χ2n) is 4.55. The van der Waals surface area contributed by atoms with Gasteiger partial charge in [-0.05, 0) is 37.5 Å². The topological polar surface area (TPSA) is 74.7 Å². The number of hydrogen-bond acceptors (Lipinski definition) is 3. The van der Waals surface area contributed by atoms with Crippen molar-refractivity contribution in [2.75, 3.05) is 6.54 Å². The van der Waals surface area contributed by atoms with Gasteiger partial charge in [-0.25, -0.2) is 8.42 Å². The second kappa shape index (κ2) is 5.11. The molecule has 0 spiro atoms. The Morgan fingerprint density at radius 2 is 2.16 bits per heavy atom. The molecule has 1 heterocycles. The highest BCUT2D eigenvalue weighted by molar-refractivity contribution is 7.89. The molecule has 1 aliphatic heterocycles. The molecule has 1 atom stereocenters. The van der Waals surface area contributed by atoms with Crippen molar-refractivity contribution >= 4 is 27.6 Å². The first-order valence-electron chi connectivity index (χ1n) is 5.85. The van der Waals surface area contributed by atoms with E-state index in [1.165, 1.54) is 12.1 Å². The Hall–Kier alpha value is -1.11. The third-order valence-electron chi connectivity index (χ3n) is 3.16. The van der Waals surface area contributed by atoms with Crippen molar-refractivity contribution in [1.29, 1.82) is 0 Å². The molecule has 1 fully saturated rings. The van der Waals surface area contributed by atoms with E-state index in [9.17, 15) is 13.2 Å². The molecule has 7 heteroatoms. The third kappa shape index (κ3) is 2.61. The normalized spacial score (nSPS) is 20.6. The summed E-state index contributed by atoms with van der Waals surface area (Å²) in [4.78, 5) is 11.1. The van der Waals surface area contributed by atoms with Crippen molar-refractivity contribution in [3.8, 4) is 0 Å². The standard InChI is InChI=1S/C12H14ClNO4S/c1-8-4-5-9(13)11(7-8)19(17,18)14-6-2-3-10(14)12(15)16/h4-5,7,10H,2-3,6H2,1H3,(H,15,16). The van der Waals surface area contributed by atoms with Crippen LogP contribution < -0.4 is 0 Å². The number of nitrogens with zero attached hydrogens (tertiary/aromatic N) is 1. The molecule has 2 rings (SSSR count). The molecule has 1 aromatic carbocycles. The van der Waals surface area contributed by atoms with Crippen LogP contribution in [-0.4, -0.2) is 36.4 Å². The van der Waals surface area contributed by atoms with Gasteiger partial charge in [-0.3, -0.25) is 4.79 Å². The van der Waals surface area contributed by atoms with E-state index in [1.54, 1.807) is 13.0 Å². The summed E-state index contributed by atoms with van der Waals surface area (Å²) >= 11 is 5.93. The molecule has 0 amide bonds. The lowest BCUT2D eigenvalue weighted by Crippen LogP contribution is -2.40. The number of carboxylic acid groups (broad SMARTS) is 1. The van der Waals surface area contributed by atoms with E-state index in [0.717, 1.165) is 9.87 Å². The molecule has 1 N–H and O–H groups in total. The highest BCUT2D eigenvalue weighted by atomic mass is 35.5. The van der Waals surface area contributed by atoms with Crippen LogP contribution in [0.15, 0.2) is 23.1 Å². The number of benzene rings is 1. The van der Waals surface area contributed by atoms with Gasteiger partial charge in [0, 0.05) is 6.54 Å². The molecule has 1 aromatic rings. The van der Waals surface area contributed by atoms with Gasteiger partial charge in [0.1, 0.15) is 10.9 Å². The zero-order chi connectivity index (χ0) is 14.2. The predicted octanol–water partition coefficient (Wildman–Crippen LogP) is 1.89. The van der Waals surface area contributed by atoms with Crippen molar-refractivity contribution in [3.63, 3.8) is 0 Å². The largest absolute Gasteiger partial charge is 0.480 e. The summed E-state index contributed by atoms with van der Waals surface area (Å²) in [5.41, 5.74) is 0.758. The second-order valence-corrected chi connectivity index (χ2v) is 6.81. The Balaban J connectivity index is 2.48. The zero-order valence-corrected chi connectivity index (χ0v) is 11.9. The van der Waals surface area contributed by atoms with E-state index in [2.05, 4.69) is 0 Å².